The molecule has 0 saturated carbocycles. The van der Waals surface area contributed by atoms with Crippen LogP contribution < -0.4 is 5.73 Å². The van der Waals surface area contributed by atoms with Gasteiger partial charge in [0.25, 0.3) is 5.91 Å². The maximum atomic E-state index is 12.6. The molecule has 0 aliphatic carbocycles. The third-order valence-electron chi connectivity index (χ3n) is 3.08. The first kappa shape index (κ1) is 15.1. The second-order valence-electron chi connectivity index (χ2n) is 4.62. The van der Waals surface area contributed by atoms with Gasteiger partial charge in [-0.25, -0.2) is 0 Å². The normalized spacial score (nSPS) is 11.6. The highest BCUT2D eigenvalue weighted by Gasteiger charge is 2.30. The first-order valence-corrected chi connectivity index (χ1v) is 6.20. The van der Waals surface area contributed by atoms with Crippen LogP contribution in [0.25, 0.3) is 0 Å². The molecule has 0 fully saturated rings. The molecule has 1 aromatic heterocycles. The molecule has 0 atom stereocenters. The van der Waals surface area contributed by atoms with Crippen molar-refractivity contribution in [2.45, 2.75) is 25.9 Å². The number of amides is 1. The minimum Gasteiger partial charge on any atom is -0.365 e. The molecule has 0 radical (unpaired) electrons. The summed E-state index contributed by atoms with van der Waals surface area (Å²) in [6.07, 6.45) is -3.80. The summed E-state index contributed by atoms with van der Waals surface area (Å²) in [5.41, 5.74) is 5.58. The second-order valence-corrected chi connectivity index (χ2v) is 4.62. The van der Waals surface area contributed by atoms with Crippen LogP contribution in [0.15, 0.2) is 28.8 Å². The lowest BCUT2D eigenvalue weighted by Crippen LogP contribution is -2.14. The van der Waals surface area contributed by atoms with E-state index in [1.165, 1.54) is 6.07 Å². The molecule has 0 aliphatic rings. The summed E-state index contributed by atoms with van der Waals surface area (Å²) in [4.78, 5) is 11.3. The number of rotatable bonds is 4. The van der Waals surface area contributed by atoms with Crippen molar-refractivity contribution in [3.8, 4) is 0 Å². The number of halogens is 3. The van der Waals surface area contributed by atoms with Gasteiger partial charge in [-0.2, -0.15) is 13.2 Å². The van der Waals surface area contributed by atoms with Crippen molar-refractivity contribution in [2.24, 2.45) is 5.73 Å². The number of alkyl halides is 3. The molecule has 0 saturated heterocycles. The minimum atomic E-state index is -4.38. The van der Waals surface area contributed by atoms with Crippen LogP contribution in [0.5, 0.6) is 0 Å². The maximum Gasteiger partial charge on any atom is 0.416 e. The Labute approximate surface area is 118 Å². The lowest BCUT2D eigenvalue weighted by atomic mass is 10.0. The number of aromatic nitrogens is 1. The van der Waals surface area contributed by atoms with Crippen LogP contribution in [0.1, 0.15) is 32.9 Å². The number of hydrogen-bond acceptors (Lipinski definition) is 3. The van der Waals surface area contributed by atoms with E-state index in [-0.39, 0.29) is 12.0 Å². The molecule has 0 unspecified atom stereocenters. The quantitative estimate of drug-likeness (QED) is 0.943. The molecule has 2 aromatic rings. The molecule has 112 valence electrons. The zero-order valence-electron chi connectivity index (χ0n) is 11.2. The standard InChI is InChI=1S/C14H13F3N2O2/c1-8-12(13(18)20)11(19-21-8)6-5-9-3-2-4-10(7-9)14(15,16)17/h2-4,7H,5-6H2,1H3,(H2,18,20). The Morgan fingerprint density at radius 3 is 2.67 bits per heavy atom. The van der Waals surface area contributed by atoms with E-state index in [0.717, 1.165) is 12.1 Å². The van der Waals surface area contributed by atoms with E-state index in [1.54, 1.807) is 13.0 Å². The van der Waals surface area contributed by atoms with Gasteiger partial charge in [0.1, 0.15) is 11.3 Å². The smallest absolute Gasteiger partial charge is 0.365 e. The van der Waals surface area contributed by atoms with Crippen LogP contribution >= 0.6 is 0 Å². The van der Waals surface area contributed by atoms with Crippen molar-refractivity contribution < 1.29 is 22.5 Å². The molecule has 0 aliphatic heterocycles. The van der Waals surface area contributed by atoms with E-state index in [1.807, 2.05) is 0 Å². The molecular formula is C14H13F3N2O2. The van der Waals surface area contributed by atoms with Gasteiger partial charge in [-0.05, 0) is 31.4 Å². The maximum absolute atomic E-state index is 12.6. The van der Waals surface area contributed by atoms with Gasteiger partial charge in [0.15, 0.2) is 0 Å². The molecule has 7 heteroatoms. The van der Waals surface area contributed by atoms with Gasteiger partial charge >= 0.3 is 6.18 Å². The van der Waals surface area contributed by atoms with Crippen LogP contribution in [0.3, 0.4) is 0 Å². The zero-order valence-corrected chi connectivity index (χ0v) is 11.2. The molecule has 21 heavy (non-hydrogen) atoms. The Balaban J connectivity index is 2.16. The lowest BCUT2D eigenvalue weighted by molar-refractivity contribution is -0.137. The highest BCUT2D eigenvalue weighted by atomic mass is 19.4. The van der Waals surface area contributed by atoms with E-state index in [2.05, 4.69) is 5.16 Å². The van der Waals surface area contributed by atoms with Gasteiger partial charge in [0.2, 0.25) is 0 Å². The van der Waals surface area contributed by atoms with E-state index in [9.17, 15) is 18.0 Å². The number of nitrogens with zero attached hydrogens (tertiary/aromatic N) is 1. The fourth-order valence-corrected chi connectivity index (χ4v) is 2.07. The fourth-order valence-electron chi connectivity index (χ4n) is 2.07. The van der Waals surface area contributed by atoms with Gasteiger partial charge in [-0.1, -0.05) is 23.4 Å². The van der Waals surface area contributed by atoms with E-state index in [0.29, 0.717) is 23.4 Å². The lowest BCUT2D eigenvalue weighted by Gasteiger charge is -2.08. The number of carbonyl (C=O) groups excluding carboxylic acids is 1. The van der Waals surface area contributed by atoms with Crippen LogP contribution in [-0.4, -0.2) is 11.1 Å². The minimum absolute atomic E-state index is 0.196. The molecule has 4 nitrogen and oxygen atoms in total. The Morgan fingerprint density at radius 2 is 2.05 bits per heavy atom. The number of hydrogen-bond donors (Lipinski definition) is 1. The van der Waals surface area contributed by atoms with E-state index in [4.69, 9.17) is 10.3 Å². The third-order valence-corrected chi connectivity index (χ3v) is 3.08. The largest absolute Gasteiger partial charge is 0.416 e. The average Bonchev–Trinajstić information content (AvgIpc) is 2.77. The highest BCUT2D eigenvalue weighted by Crippen LogP contribution is 2.29. The van der Waals surface area contributed by atoms with Crippen LogP contribution in [0, 0.1) is 6.92 Å². The number of primary amides is 1. The van der Waals surface area contributed by atoms with Crippen molar-refractivity contribution >= 4 is 5.91 Å². The Hall–Kier alpha value is -2.31. The van der Waals surface area contributed by atoms with E-state index >= 15 is 0 Å². The SMILES string of the molecule is Cc1onc(CCc2cccc(C(F)(F)F)c2)c1C(N)=O. The zero-order chi connectivity index (χ0) is 15.6. The molecule has 1 aromatic carbocycles. The number of carbonyl (C=O) groups is 1. The summed E-state index contributed by atoms with van der Waals surface area (Å²) in [5, 5.41) is 3.73. The van der Waals surface area contributed by atoms with Crippen LogP contribution in [0.4, 0.5) is 13.2 Å². The molecule has 2 N–H and O–H groups in total. The summed E-state index contributed by atoms with van der Waals surface area (Å²) in [6, 6.07) is 5.03. The van der Waals surface area contributed by atoms with Gasteiger partial charge < -0.3 is 10.3 Å². The predicted octanol–water partition coefficient (Wildman–Crippen LogP) is 2.89. The number of benzene rings is 1. The summed E-state index contributed by atoms with van der Waals surface area (Å²) in [5.74, 6) is -0.352. The van der Waals surface area contributed by atoms with Gasteiger partial charge in [-0.3, -0.25) is 4.79 Å². The van der Waals surface area contributed by atoms with Gasteiger partial charge in [0.05, 0.1) is 11.3 Å². The Bertz CT molecular complexity index is 662. The topological polar surface area (TPSA) is 69.1 Å². The average molecular weight is 298 g/mol. The number of nitrogens with two attached hydrogens (primary N) is 1. The van der Waals surface area contributed by atoms with Crippen molar-refractivity contribution in [1.82, 2.24) is 5.16 Å². The van der Waals surface area contributed by atoms with Crippen LogP contribution in [-0.2, 0) is 19.0 Å². The Morgan fingerprint density at radius 1 is 1.33 bits per heavy atom. The molecule has 1 heterocycles. The molecular weight excluding hydrogens is 285 g/mol. The summed E-state index contributed by atoms with van der Waals surface area (Å²) < 4.78 is 42.7. The van der Waals surface area contributed by atoms with Crippen LogP contribution in [0.2, 0.25) is 0 Å². The molecule has 1 amide bonds. The van der Waals surface area contributed by atoms with Gasteiger partial charge in [-0.15, -0.1) is 0 Å². The first-order valence-electron chi connectivity index (χ1n) is 6.20. The summed E-state index contributed by atoms with van der Waals surface area (Å²) in [6.45, 7) is 1.56. The van der Waals surface area contributed by atoms with Crippen molar-refractivity contribution in [2.75, 3.05) is 0 Å². The van der Waals surface area contributed by atoms with Crippen molar-refractivity contribution in [1.29, 1.82) is 0 Å². The van der Waals surface area contributed by atoms with E-state index < -0.39 is 17.6 Å². The Kier molecular flexibility index (Phi) is 4.02. The van der Waals surface area contributed by atoms with Crippen molar-refractivity contribution in [3.05, 3.63) is 52.4 Å². The summed E-state index contributed by atoms with van der Waals surface area (Å²) in [7, 11) is 0. The third kappa shape index (κ3) is 3.42. The number of aryl methyl sites for hydroxylation is 3. The molecule has 2 rings (SSSR count). The van der Waals surface area contributed by atoms with Crippen molar-refractivity contribution in [3.63, 3.8) is 0 Å². The fraction of sp³-hybridized carbons (Fsp3) is 0.286. The second kappa shape index (κ2) is 5.59. The molecule has 0 spiro atoms. The summed E-state index contributed by atoms with van der Waals surface area (Å²) >= 11 is 0. The molecule has 0 bridgehead atoms. The monoisotopic (exact) mass is 298 g/mol. The highest BCUT2D eigenvalue weighted by molar-refractivity contribution is 5.94. The predicted molar refractivity (Wildman–Crippen MR) is 68.6 cm³/mol. The first-order chi connectivity index (χ1) is 9.79. The van der Waals surface area contributed by atoms with Gasteiger partial charge in [0, 0.05) is 0 Å².